The SMILES string of the molecule is CCNCC1CCCCN1Cc1nc2ccsc2c(=O)[nH]1. The molecule has 1 saturated heterocycles. The number of likely N-dealkylation sites (tertiary alicyclic amines) is 1. The van der Waals surface area contributed by atoms with E-state index in [1.807, 2.05) is 11.4 Å². The standard InChI is InChI=1S/C15H22N4OS/c1-2-16-9-11-5-3-4-7-19(11)10-13-17-12-6-8-21-14(12)15(20)18-13/h6,8,11,16H,2-5,7,9-10H2,1H3,(H,17,18,20). The number of nitrogens with one attached hydrogen (secondary N) is 2. The molecule has 6 heteroatoms. The van der Waals surface area contributed by atoms with Gasteiger partial charge in [0.2, 0.25) is 0 Å². The zero-order valence-electron chi connectivity index (χ0n) is 12.4. The van der Waals surface area contributed by atoms with Crippen LogP contribution in [0.1, 0.15) is 32.0 Å². The van der Waals surface area contributed by atoms with E-state index in [4.69, 9.17) is 0 Å². The molecule has 5 nitrogen and oxygen atoms in total. The zero-order valence-corrected chi connectivity index (χ0v) is 13.2. The average molecular weight is 306 g/mol. The minimum absolute atomic E-state index is 0.00903. The number of hydrogen-bond donors (Lipinski definition) is 2. The van der Waals surface area contributed by atoms with Crippen molar-refractivity contribution in [2.75, 3.05) is 19.6 Å². The average Bonchev–Trinajstić information content (AvgIpc) is 2.95. The summed E-state index contributed by atoms with van der Waals surface area (Å²) in [5.41, 5.74) is 0.809. The molecule has 3 heterocycles. The maximum Gasteiger partial charge on any atom is 0.268 e. The van der Waals surface area contributed by atoms with Crippen LogP contribution in [0, 0.1) is 0 Å². The molecule has 3 rings (SSSR count). The predicted molar refractivity (Wildman–Crippen MR) is 86.8 cm³/mol. The summed E-state index contributed by atoms with van der Waals surface area (Å²) in [6.45, 7) is 5.97. The Morgan fingerprint density at radius 1 is 1.52 bits per heavy atom. The fraction of sp³-hybridized carbons (Fsp3) is 0.600. The molecular formula is C15H22N4OS. The molecule has 1 fully saturated rings. The van der Waals surface area contributed by atoms with Gasteiger partial charge in [0, 0.05) is 12.6 Å². The van der Waals surface area contributed by atoms with Crippen LogP contribution in [0.3, 0.4) is 0 Å². The summed E-state index contributed by atoms with van der Waals surface area (Å²) in [6.07, 6.45) is 3.74. The van der Waals surface area contributed by atoms with Crippen LogP contribution in [0.15, 0.2) is 16.2 Å². The Bertz CT molecular complexity index is 650. The molecule has 1 unspecified atom stereocenters. The lowest BCUT2D eigenvalue weighted by molar-refractivity contribution is 0.134. The Balaban J connectivity index is 1.77. The largest absolute Gasteiger partial charge is 0.315 e. The molecule has 0 aliphatic carbocycles. The number of piperidine rings is 1. The van der Waals surface area contributed by atoms with Gasteiger partial charge in [-0.1, -0.05) is 13.3 Å². The van der Waals surface area contributed by atoms with E-state index in [0.717, 1.165) is 42.2 Å². The Kier molecular flexibility index (Phi) is 4.67. The summed E-state index contributed by atoms with van der Waals surface area (Å²) in [4.78, 5) is 22.0. The predicted octanol–water partition coefficient (Wildman–Crippen LogP) is 1.95. The second kappa shape index (κ2) is 6.68. The number of likely N-dealkylation sites (N-methyl/N-ethyl adjacent to an activating group) is 1. The van der Waals surface area contributed by atoms with E-state index in [2.05, 4.69) is 27.1 Å². The first-order valence-electron chi connectivity index (χ1n) is 7.69. The van der Waals surface area contributed by atoms with Gasteiger partial charge in [0.05, 0.1) is 12.1 Å². The third kappa shape index (κ3) is 3.33. The van der Waals surface area contributed by atoms with E-state index >= 15 is 0 Å². The van der Waals surface area contributed by atoms with E-state index < -0.39 is 0 Å². The van der Waals surface area contributed by atoms with Gasteiger partial charge in [0.1, 0.15) is 10.5 Å². The highest BCUT2D eigenvalue weighted by Crippen LogP contribution is 2.19. The molecule has 0 spiro atoms. The topological polar surface area (TPSA) is 61.0 Å². The molecule has 0 bridgehead atoms. The molecule has 0 saturated carbocycles. The van der Waals surface area contributed by atoms with E-state index in [9.17, 15) is 4.79 Å². The molecule has 2 N–H and O–H groups in total. The van der Waals surface area contributed by atoms with Crippen molar-refractivity contribution < 1.29 is 0 Å². The summed E-state index contributed by atoms with van der Waals surface area (Å²) in [5.74, 6) is 0.786. The summed E-state index contributed by atoms with van der Waals surface area (Å²) in [5, 5.41) is 5.36. The molecule has 1 atom stereocenters. The van der Waals surface area contributed by atoms with Gasteiger partial charge in [0.25, 0.3) is 5.56 Å². The molecule has 0 radical (unpaired) electrons. The number of aromatic nitrogens is 2. The second-order valence-corrected chi connectivity index (χ2v) is 6.49. The third-order valence-electron chi connectivity index (χ3n) is 4.10. The van der Waals surface area contributed by atoms with Crippen molar-refractivity contribution in [3.63, 3.8) is 0 Å². The molecule has 1 aliphatic rings. The van der Waals surface area contributed by atoms with Crippen molar-refractivity contribution >= 4 is 21.6 Å². The van der Waals surface area contributed by atoms with E-state index in [0.29, 0.717) is 6.04 Å². The fourth-order valence-corrected chi connectivity index (χ4v) is 3.72. The lowest BCUT2D eigenvalue weighted by Gasteiger charge is -2.35. The Morgan fingerprint density at radius 3 is 3.29 bits per heavy atom. The van der Waals surface area contributed by atoms with Gasteiger partial charge >= 0.3 is 0 Å². The molecule has 2 aromatic rings. The van der Waals surface area contributed by atoms with E-state index in [-0.39, 0.29) is 5.56 Å². The summed E-state index contributed by atoms with van der Waals surface area (Å²) in [7, 11) is 0. The first-order valence-corrected chi connectivity index (χ1v) is 8.57. The van der Waals surface area contributed by atoms with Gasteiger partial charge in [-0.2, -0.15) is 0 Å². The quantitative estimate of drug-likeness (QED) is 0.886. The Hall–Kier alpha value is -1.24. The highest BCUT2D eigenvalue weighted by molar-refractivity contribution is 7.17. The molecule has 2 aromatic heterocycles. The normalized spacial score (nSPS) is 20.1. The lowest BCUT2D eigenvalue weighted by atomic mass is 10.0. The smallest absolute Gasteiger partial charge is 0.268 e. The first kappa shape index (κ1) is 14.7. The highest BCUT2D eigenvalue weighted by Gasteiger charge is 2.22. The van der Waals surface area contributed by atoms with Crippen molar-refractivity contribution in [1.29, 1.82) is 0 Å². The van der Waals surface area contributed by atoms with Gasteiger partial charge < -0.3 is 10.3 Å². The van der Waals surface area contributed by atoms with Crippen LogP contribution in [-0.4, -0.2) is 40.5 Å². The van der Waals surface area contributed by atoms with Crippen molar-refractivity contribution in [1.82, 2.24) is 20.2 Å². The third-order valence-corrected chi connectivity index (χ3v) is 5.00. The number of aromatic amines is 1. The van der Waals surface area contributed by atoms with Crippen molar-refractivity contribution in [2.45, 2.75) is 38.8 Å². The Morgan fingerprint density at radius 2 is 2.43 bits per heavy atom. The lowest BCUT2D eigenvalue weighted by Crippen LogP contribution is -2.45. The van der Waals surface area contributed by atoms with Gasteiger partial charge in [-0.3, -0.25) is 9.69 Å². The zero-order chi connectivity index (χ0) is 14.7. The molecule has 21 heavy (non-hydrogen) atoms. The van der Waals surface area contributed by atoms with Gasteiger partial charge in [-0.05, 0) is 37.4 Å². The fourth-order valence-electron chi connectivity index (χ4n) is 3.00. The van der Waals surface area contributed by atoms with Gasteiger partial charge in [-0.25, -0.2) is 4.98 Å². The summed E-state index contributed by atoms with van der Waals surface area (Å²) in [6, 6.07) is 2.47. The number of rotatable bonds is 5. The van der Waals surface area contributed by atoms with Crippen LogP contribution in [0.4, 0.5) is 0 Å². The Labute approximate surface area is 128 Å². The maximum absolute atomic E-state index is 12.0. The molecule has 1 aliphatic heterocycles. The van der Waals surface area contributed by atoms with Crippen LogP contribution in [0.2, 0.25) is 0 Å². The molecule has 0 aromatic carbocycles. The number of fused-ring (bicyclic) bond motifs is 1. The van der Waals surface area contributed by atoms with Crippen LogP contribution >= 0.6 is 11.3 Å². The van der Waals surface area contributed by atoms with Crippen LogP contribution < -0.4 is 10.9 Å². The molecule has 114 valence electrons. The molecule has 0 amide bonds. The minimum Gasteiger partial charge on any atom is -0.315 e. The second-order valence-electron chi connectivity index (χ2n) is 5.58. The summed E-state index contributed by atoms with van der Waals surface area (Å²) < 4.78 is 0.724. The first-order chi connectivity index (χ1) is 10.3. The maximum atomic E-state index is 12.0. The van der Waals surface area contributed by atoms with E-state index in [1.165, 1.54) is 30.6 Å². The van der Waals surface area contributed by atoms with Crippen LogP contribution in [0.25, 0.3) is 10.2 Å². The summed E-state index contributed by atoms with van der Waals surface area (Å²) >= 11 is 1.45. The van der Waals surface area contributed by atoms with E-state index in [1.54, 1.807) is 0 Å². The number of nitrogens with zero attached hydrogens (tertiary/aromatic N) is 2. The number of H-pyrrole nitrogens is 1. The molecular weight excluding hydrogens is 284 g/mol. The number of hydrogen-bond acceptors (Lipinski definition) is 5. The monoisotopic (exact) mass is 306 g/mol. The van der Waals surface area contributed by atoms with Crippen molar-refractivity contribution in [2.24, 2.45) is 0 Å². The minimum atomic E-state index is -0.00903. The van der Waals surface area contributed by atoms with Crippen LogP contribution in [0.5, 0.6) is 0 Å². The van der Waals surface area contributed by atoms with Crippen LogP contribution in [-0.2, 0) is 6.54 Å². The van der Waals surface area contributed by atoms with Crippen molar-refractivity contribution in [3.8, 4) is 0 Å². The highest BCUT2D eigenvalue weighted by atomic mass is 32.1. The van der Waals surface area contributed by atoms with Gasteiger partial charge in [0.15, 0.2) is 0 Å². The van der Waals surface area contributed by atoms with Gasteiger partial charge in [-0.15, -0.1) is 11.3 Å². The van der Waals surface area contributed by atoms with Crippen molar-refractivity contribution in [3.05, 3.63) is 27.6 Å². The number of thiophene rings is 1.